The maximum atomic E-state index is 12.9. The average Bonchev–Trinajstić information content (AvgIpc) is 3.05. The van der Waals surface area contributed by atoms with E-state index < -0.39 is 11.7 Å². The van der Waals surface area contributed by atoms with E-state index in [4.69, 9.17) is 0 Å². The lowest BCUT2D eigenvalue weighted by molar-refractivity contribution is -0.139. The fourth-order valence-corrected chi connectivity index (χ4v) is 3.59. The molecule has 1 aliphatic heterocycles. The van der Waals surface area contributed by atoms with E-state index in [9.17, 15) is 13.2 Å². The van der Waals surface area contributed by atoms with Gasteiger partial charge in [-0.15, -0.1) is 11.8 Å². The van der Waals surface area contributed by atoms with Crippen molar-refractivity contribution in [1.29, 1.82) is 0 Å². The molecule has 1 heterocycles. The van der Waals surface area contributed by atoms with Gasteiger partial charge in [0.2, 0.25) is 0 Å². The van der Waals surface area contributed by atoms with E-state index in [-0.39, 0.29) is 5.41 Å². The quantitative estimate of drug-likeness (QED) is 0.755. The number of rotatable bonds is 0. The van der Waals surface area contributed by atoms with Crippen molar-refractivity contribution in [2.75, 3.05) is 17.6 Å². The van der Waals surface area contributed by atoms with E-state index in [0.717, 1.165) is 25.1 Å². The van der Waals surface area contributed by atoms with Crippen LogP contribution in [0.5, 0.6) is 0 Å². The summed E-state index contributed by atoms with van der Waals surface area (Å²) in [6, 6.07) is 4.37. The molecule has 1 saturated carbocycles. The van der Waals surface area contributed by atoms with Crippen LogP contribution in [0.25, 0.3) is 0 Å². The van der Waals surface area contributed by atoms with Crippen LogP contribution in [0.4, 0.5) is 18.9 Å². The first kappa shape index (κ1) is 11.3. The second-order valence-corrected chi connectivity index (χ2v) is 5.81. The summed E-state index contributed by atoms with van der Waals surface area (Å²) in [4.78, 5) is 0.365. The summed E-state index contributed by atoms with van der Waals surface area (Å²) in [6.45, 7) is 0.800. The Hall–Kier alpha value is -0.840. The van der Waals surface area contributed by atoms with Crippen molar-refractivity contribution in [3.05, 3.63) is 23.8 Å². The largest absolute Gasteiger partial charge is 0.417 e. The molecule has 92 valence electrons. The summed E-state index contributed by atoms with van der Waals surface area (Å²) in [7, 11) is 0. The van der Waals surface area contributed by atoms with Gasteiger partial charge in [-0.2, -0.15) is 13.2 Å². The fourth-order valence-electron chi connectivity index (χ4n) is 2.11. The molecule has 2 aliphatic rings. The number of thioether (sulfide) groups is 1. The normalized spacial score (nSPS) is 21.6. The van der Waals surface area contributed by atoms with E-state index in [1.54, 1.807) is 6.07 Å². The van der Waals surface area contributed by atoms with Crippen LogP contribution in [-0.4, -0.2) is 12.3 Å². The summed E-state index contributed by atoms with van der Waals surface area (Å²) < 4.78 is 38.6. The molecule has 1 aliphatic carbocycles. The fraction of sp³-hybridized carbons (Fsp3) is 0.500. The first-order valence-electron chi connectivity index (χ1n) is 5.57. The van der Waals surface area contributed by atoms with Crippen LogP contribution < -0.4 is 5.32 Å². The Morgan fingerprint density at radius 3 is 2.65 bits per heavy atom. The van der Waals surface area contributed by atoms with Gasteiger partial charge in [0, 0.05) is 22.9 Å². The maximum Gasteiger partial charge on any atom is 0.417 e. The number of hydrogen-bond donors (Lipinski definition) is 1. The highest BCUT2D eigenvalue weighted by atomic mass is 32.2. The van der Waals surface area contributed by atoms with Crippen molar-refractivity contribution in [2.45, 2.75) is 23.9 Å². The van der Waals surface area contributed by atoms with Gasteiger partial charge in [0.1, 0.15) is 0 Å². The Morgan fingerprint density at radius 1 is 1.24 bits per heavy atom. The first-order chi connectivity index (χ1) is 8.00. The number of hydrogen-bond acceptors (Lipinski definition) is 2. The Morgan fingerprint density at radius 2 is 2.00 bits per heavy atom. The van der Waals surface area contributed by atoms with Gasteiger partial charge in [-0.1, -0.05) is 6.07 Å². The number of alkyl halides is 3. The molecular weight excluding hydrogens is 247 g/mol. The van der Waals surface area contributed by atoms with Crippen molar-refractivity contribution in [2.24, 2.45) is 5.41 Å². The van der Waals surface area contributed by atoms with Gasteiger partial charge in [0.25, 0.3) is 0 Å². The molecular formula is C12H12F3NS. The molecule has 1 fully saturated rings. The molecule has 0 amide bonds. The molecule has 1 spiro atoms. The van der Waals surface area contributed by atoms with E-state index in [1.807, 2.05) is 0 Å². The Bertz CT molecular complexity index is 452. The number of halogens is 3. The lowest BCUT2D eigenvalue weighted by Gasteiger charge is -2.14. The van der Waals surface area contributed by atoms with Crippen LogP contribution in [0.15, 0.2) is 23.1 Å². The summed E-state index contributed by atoms with van der Waals surface area (Å²) in [6.07, 6.45) is -2.01. The number of fused-ring (bicyclic) bond motifs is 1. The van der Waals surface area contributed by atoms with Gasteiger partial charge >= 0.3 is 6.18 Å². The predicted molar refractivity (Wildman–Crippen MR) is 62.3 cm³/mol. The monoisotopic (exact) mass is 259 g/mol. The molecule has 1 nitrogen and oxygen atoms in total. The third-order valence-electron chi connectivity index (χ3n) is 3.45. The minimum absolute atomic E-state index is 0.243. The highest BCUT2D eigenvalue weighted by molar-refractivity contribution is 7.99. The molecule has 0 aromatic heterocycles. The highest BCUT2D eigenvalue weighted by Crippen LogP contribution is 2.53. The van der Waals surface area contributed by atoms with Crippen LogP contribution in [0.1, 0.15) is 18.4 Å². The average molecular weight is 259 g/mol. The molecule has 17 heavy (non-hydrogen) atoms. The standard InChI is InChI=1S/C12H12F3NS/c13-12(14,15)8-2-1-3-9-10(8)17-7-11(4-5-11)6-16-9/h1-3,16H,4-7H2. The van der Waals surface area contributed by atoms with Crippen molar-refractivity contribution in [3.63, 3.8) is 0 Å². The number of nitrogens with one attached hydrogen (secondary N) is 1. The van der Waals surface area contributed by atoms with Crippen molar-refractivity contribution in [3.8, 4) is 0 Å². The lowest BCUT2D eigenvalue weighted by atomic mass is 10.1. The number of benzene rings is 1. The minimum Gasteiger partial charge on any atom is -0.384 e. The summed E-state index contributed by atoms with van der Waals surface area (Å²) in [5.41, 5.74) is 0.367. The van der Waals surface area contributed by atoms with E-state index in [1.165, 1.54) is 23.9 Å². The van der Waals surface area contributed by atoms with Gasteiger partial charge in [-0.25, -0.2) is 0 Å². The van der Waals surface area contributed by atoms with Gasteiger partial charge in [0.05, 0.1) is 5.56 Å². The highest BCUT2D eigenvalue weighted by Gasteiger charge is 2.45. The molecule has 1 aromatic rings. The Balaban J connectivity index is 2.00. The Kier molecular flexibility index (Phi) is 2.37. The van der Waals surface area contributed by atoms with Crippen LogP contribution in [-0.2, 0) is 6.18 Å². The zero-order chi connectivity index (χ0) is 12.1. The summed E-state index contributed by atoms with van der Waals surface area (Å²) >= 11 is 1.35. The van der Waals surface area contributed by atoms with Crippen LogP contribution in [0.3, 0.4) is 0 Å². The van der Waals surface area contributed by atoms with Gasteiger partial charge in [0.15, 0.2) is 0 Å². The molecule has 0 bridgehead atoms. The lowest BCUT2D eigenvalue weighted by Crippen LogP contribution is -2.15. The van der Waals surface area contributed by atoms with E-state index in [0.29, 0.717) is 10.6 Å². The van der Waals surface area contributed by atoms with E-state index in [2.05, 4.69) is 5.32 Å². The smallest absolute Gasteiger partial charge is 0.384 e. The van der Waals surface area contributed by atoms with Crippen molar-refractivity contribution >= 4 is 17.4 Å². The first-order valence-corrected chi connectivity index (χ1v) is 6.56. The maximum absolute atomic E-state index is 12.9. The Labute approximate surface area is 102 Å². The van der Waals surface area contributed by atoms with Gasteiger partial charge in [-0.05, 0) is 30.4 Å². The molecule has 0 saturated heterocycles. The topological polar surface area (TPSA) is 12.0 Å². The van der Waals surface area contributed by atoms with Gasteiger partial charge < -0.3 is 5.32 Å². The molecule has 0 atom stereocenters. The minimum atomic E-state index is -4.26. The molecule has 0 radical (unpaired) electrons. The van der Waals surface area contributed by atoms with Crippen molar-refractivity contribution < 1.29 is 13.2 Å². The van der Waals surface area contributed by atoms with Crippen molar-refractivity contribution in [1.82, 2.24) is 0 Å². The van der Waals surface area contributed by atoms with Gasteiger partial charge in [-0.3, -0.25) is 0 Å². The zero-order valence-electron chi connectivity index (χ0n) is 9.10. The zero-order valence-corrected chi connectivity index (χ0v) is 9.92. The molecule has 1 aromatic carbocycles. The second kappa shape index (κ2) is 3.57. The number of anilines is 1. The third-order valence-corrected chi connectivity index (χ3v) is 4.94. The third kappa shape index (κ3) is 2.01. The summed E-state index contributed by atoms with van der Waals surface area (Å²) in [5, 5.41) is 3.17. The van der Waals surface area contributed by atoms with Crippen LogP contribution in [0.2, 0.25) is 0 Å². The van der Waals surface area contributed by atoms with E-state index >= 15 is 0 Å². The molecule has 1 N–H and O–H groups in total. The molecule has 3 rings (SSSR count). The molecule has 5 heteroatoms. The predicted octanol–water partition coefficient (Wildman–Crippen LogP) is 4.00. The van der Waals surface area contributed by atoms with Crippen LogP contribution >= 0.6 is 11.8 Å². The van der Waals surface area contributed by atoms with Crippen LogP contribution in [0, 0.1) is 5.41 Å². The molecule has 0 unspecified atom stereocenters. The second-order valence-electron chi connectivity index (χ2n) is 4.82. The SMILES string of the molecule is FC(F)(F)c1cccc2c1SCC1(CC1)CN2. The summed E-state index contributed by atoms with van der Waals surface area (Å²) in [5.74, 6) is 0.792.